The highest BCUT2D eigenvalue weighted by atomic mass is 19.1. The molecule has 3 rings (SSSR count). The van der Waals surface area contributed by atoms with Crippen molar-refractivity contribution >= 4 is 22.5 Å². The van der Waals surface area contributed by atoms with Gasteiger partial charge in [-0.25, -0.2) is 8.78 Å². The van der Waals surface area contributed by atoms with E-state index in [1.165, 1.54) is 6.20 Å². The third kappa shape index (κ3) is 2.09. The van der Waals surface area contributed by atoms with Crippen molar-refractivity contribution in [2.75, 3.05) is 5.32 Å². The predicted octanol–water partition coefficient (Wildman–Crippen LogP) is 2.49. The third-order valence-electron chi connectivity index (χ3n) is 2.76. The number of H-pyrrole nitrogens is 1. The lowest BCUT2D eigenvalue weighted by Crippen LogP contribution is -2.14. The Morgan fingerprint density at radius 3 is 2.95 bits per heavy atom. The summed E-state index contributed by atoms with van der Waals surface area (Å²) in [5, 5.41) is 9.30. The van der Waals surface area contributed by atoms with E-state index >= 15 is 0 Å². The monoisotopic (exact) mass is 274 g/mol. The summed E-state index contributed by atoms with van der Waals surface area (Å²) in [4.78, 5) is 15.9. The molecule has 2 N–H and O–H groups in total. The minimum absolute atomic E-state index is 0.0664. The zero-order valence-electron chi connectivity index (χ0n) is 10.0. The van der Waals surface area contributed by atoms with E-state index in [0.29, 0.717) is 10.9 Å². The summed E-state index contributed by atoms with van der Waals surface area (Å²) >= 11 is 0. The maximum absolute atomic E-state index is 13.5. The number of anilines is 1. The fraction of sp³-hybridized carbons (Fsp3) is 0. The maximum Gasteiger partial charge on any atom is 0.276 e. The molecule has 2 aromatic heterocycles. The Kier molecular flexibility index (Phi) is 2.86. The highest BCUT2D eigenvalue weighted by Gasteiger charge is 2.16. The highest BCUT2D eigenvalue weighted by Crippen LogP contribution is 2.18. The number of nitrogens with zero attached hydrogens (tertiary/aromatic N) is 2. The molecule has 0 aliphatic heterocycles. The number of rotatable bonds is 2. The third-order valence-corrected chi connectivity index (χ3v) is 2.76. The molecule has 0 spiro atoms. The molecule has 0 saturated carbocycles. The predicted molar refractivity (Wildman–Crippen MR) is 68.2 cm³/mol. The Bertz CT molecular complexity index is 800. The molecular formula is C13H8F2N4O. The van der Waals surface area contributed by atoms with Crippen LogP contribution in [0.25, 0.3) is 10.9 Å². The summed E-state index contributed by atoms with van der Waals surface area (Å²) in [5.74, 6) is -2.01. The number of pyridine rings is 1. The zero-order valence-corrected chi connectivity index (χ0v) is 10.0. The highest BCUT2D eigenvalue weighted by molar-refractivity contribution is 6.10. The van der Waals surface area contributed by atoms with E-state index in [9.17, 15) is 13.6 Å². The maximum atomic E-state index is 13.5. The van der Waals surface area contributed by atoms with Gasteiger partial charge in [-0.2, -0.15) is 5.10 Å². The van der Waals surface area contributed by atoms with E-state index in [1.54, 1.807) is 12.3 Å². The van der Waals surface area contributed by atoms with Gasteiger partial charge in [0.15, 0.2) is 5.69 Å². The van der Waals surface area contributed by atoms with Crippen molar-refractivity contribution in [1.29, 1.82) is 0 Å². The lowest BCUT2D eigenvalue weighted by molar-refractivity contribution is 0.102. The molecule has 3 aromatic rings. The minimum Gasteiger partial charge on any atom is -0.318 e. The molecule has 0 aliphatic rings. The Hall–Kier alpha value is -2.83. The number of aromatic amines is 1. The first-order valence-corrected chi connectivity index (χ1v) is 5.69. The summed E-state index contributed by atoms with van der Waals surface area (Å²) in [6.07, 6.45) is 3.02. The van der Waals surface area contributed by atoms with E-state index in [4.69, 9.17) is 0 Å². The van der Waals surface area contributed by atoms with Gasteiger partial charge in [-0.3, -0.25) is 14.9 Å². The van der Waals surface area contributed by atoms with Gasteiger partial charge in [0, 0.05) is 18.5 Å². The number of hydrogen-bond donors (Lipinski definition) is 2. The van der Waals surface area contributed by atoms with Crippen LogP contribution >= 0.6 is 0 Å². The standard InChI is InChI=1S/C13H8F2N4O/c14-7-1-2-9(15)11(5-7)17-13(20)12-8-6-16-4-3-10(8)18-19-12/h1-6H,(H,17,20)(H,18,19). The van der Waals surface area contributed by atoms with Gasteiger partial charge in [-0.15, -0.1) is 0 Å². The fourth-order valence-electron chi connectivity index (χ4n) is 1.80. The number of carbonyl (C=O) groups excluding carboxylic acids is 1. The lowest BCUT2D eigenvalue weighted by Gasteiger charge is -2.04. The van der Waals surface area contributed by atoms with E-state index in [0.717, 1.165) is 18.2 Å². The average Bonchev–Trinajstić information content (AvgIpc) is 2.87. The van der Waals surface area contributed by atoms with Crippen LogP contribution in [0.2, 0.25) is 0 Å². The number of halogens is 2. The molecule has 100 valence electrons. The van der Waals surface area contributed by atoms with Gasteiger partial charge in [0.25, 0.3) is 5.91 Å². The van der Waals surface area contributed by atoms with Crippen LogP contribution in [0.4, 0.5) is 14.5 Å². The van der Waals surface area contributed by atoms with Crippen LogP contribution in [0, 0.1) is 11.6 Å². The number of benzene rings is 1. The van der Waals surface area contributed by atoms with Crippen LogP contribution in [0.3, 0.4) is 0 Å². The summed E-state index contributed by atoms with van der Waals surface area (Å²) in [6.45, 7) is 0. The number of fused-ring (bicyclic) bond motifs is 1. The molecule has 7 heteroatoms. The summed E-state index contributed by atoms with van der Waals surface area (Å²) in [6, 6.07) is 4.47. The van der Waals surface area contributed by atoms with Gasteiger partial charge in [0.05, 0.1) is 16.6 Å². The second kappa shape index (κ2) is 4.69. The number of carbonyl (C=O) groups is 1. The van der Waals surface area contributed by atoms with Crippen LogP contribution in [0.5, 0.6) is 0 Å². The quantitative estimate of drug-likeness (QED) is 0.754. The first-order valence-electron chi connectivity index (χ1n) is 5.69. The van der Waals surface area contributed by atoms with Crippen molar-refractivity contribution in [2.45, 2.75) is 0 Å². The van der Waals surface area contributed by atoms with Gasteiger partial charge >= 0.3 is 0 Å². The Labute approximate surface area is 111 Å². The van der Waals surface area contributed by atoms with Crippen molar-refractivity contribution in [1.82, 2.24) is 15.2 Å². The molecule has 0 bridgehead atoms. The first kappa shape index (κ1) is 12.2. The number of amides is 1. The Balaban J connectivity index is 1.95. The summed E-state index contributed by atoms with van der Waals surface area (Å²) in [5.41, 5.74) is 0.455. The van der Waals surface area contributed by atoms with Gasteiger partial charge in [-0.05, 0) is 18.2 Å². The summed E-state index contributed by atoms with van der Waals surface area (Å²) < 4.78 is 26.5. The van der Waals surface area contributed by atoms with Crippen LogP contribution in [-0.4, -0.2) is 21.1 Å². The van der Waals surface area contributed by atoms with Gasteiger partial charge in [0.2, 0.25) is 0 Å². The van der Waals surface area contributed by atoms with Crippen LogP contribution in [0.1, 0.15) is 10.5 Å². The molecule has 2 heterocycles. The molecule has 0 unspecified atom stereocenters. The largest absolute Gasteiger partial charge is 0.318 e. The van der Waals surface area contributed by atoms with Crippen molar-refractivity contribution in [3.8, 4) is 0 Å². The zero-order chi connectivity index (χ0) is 14.1. The lowest BCUT2D eigenvalue weighted by atomic mass is 10.2. The van der Waals surface area contributed by atoms with Crippen molar-refractivity contribution in [3.05, 3.63) is 54.0 Å². The van der Waals surface area contributed by atoms with Crippen molar-refractivity contribution < 1.29 is 13.6 Å². The van der Waals surface area contributed by atoms with E-state index in [2.05, 4.69) is 20.5 Å². The van der Waals surface area contributed by atoms with E-state index in [-0.39, 0.29) is 11.4 Å². The second-order valence-corrected chi connectivity index (χ2v) is 4.07. The van der Waals surface area contributed by atoms with E-state index < -0.39 is 17.5 Å². The molecule has 5 nitrogen and oxygen atoms in total. The van der Waals surface area contributed by atoms with Crippen LogP contribution < -0.4 is 5.32 Å². The van der Waals surface area contributed by atoms with Crippen LogP contribution in [0.15, 0.2) is 36.7 Å². The normalized spacial score (nSPS) is 10.7. The fourth-order valence-corrected chi connectivity index (χ4v) is 1.80. The van der Waals surface area contributed by atoms with Gasteiger partial charge in [0.1, 0.15) is 11.6 Å². The molecule has 1 amide bonds. The molecule has 0 radical (unpaired) electrons. The van der Waals surface area contributed by atoms with Gasteiger partial charge in [-0.1, -0.05) is 0 Å². The number of nitrogens with one attached hydrogen (secondary N) is 2. The number of hydrogen-bond acceptors (Lipinski definition) is 3. The molecule has 0 aliphatic carbocycles. The molecule has 20 heavy (non-hydrogen) atoms. The van der Waals surface area contributed by atoms with Crippen LogP contribution in [-0.2, 0) is 0 Å². The SMILES string of the molecule is O=C(Nc1cc(F)ccc1F)c1n[nH]c2ccncc12. The van der Waals surface area contributed by atoms with Crippen molar-refractivity contribution in [2.24, 2.45) is 0 Å². The minimum atomic E-state index is -0.724. The van der Waals surface area contributed by atoms with Gasteiger partial charge < -0.3 is 5.32 Å². The first-order chi connectivity index (χ1) is 9.65. The smallest absolute Gasteiger partial charge is 0.276 e. The Morgan fingerprint density at radius 2 is 2.10 bits per heavy atom. The van der Waals surface area contributed by atoms with E-state index in [1.807, 2.05) is 0 Å². The average molecular weight is 274 g/mol. The molecule has 1 aromatic carbocycles. The molecule has 0 atom stereocenters. The molecule has 0 fully saturated rings. The molecular weight excluding hydrogens is 266 g/mol. The van der Waals surface area contributed by atoms with Crippen molar-refractivity contribution in [3.63, 3.8) is 0 Å². The number of aromatic nitrogens is 3. The topological polar surface area (TPSA) is 70.7 Å². The molecule has 0 saturated heterocycles. The summed E-state index contributed by atoms with van der Waals surface area (Å²) in [7, 11) is 0. The Morgan fingerprint density at radius 1 is 1.25 bits per heavy atom. The second-order valence-electron chi connectivity index (χ2n) is 4.07.